The summed E-state index contributed by atoms with van der Waals surface area (Å²) in [5.41, 5.74) is 3.14. The lowest BCUT2D eigenvalue weighted by molar-refractivity contribution is 0.120. The Balaban J connectivity index is 1.24. The average molecular weight is 520 g/mol. The normalized spacial score (nSPS) is 13.9. The number of ether oxygens (including phenoxy) is 1. The van der Waals surface area contributed by atoms with Crippen molar-refractivity contribution in [3.8, 4) is 5.75 Å². The number of nitrogens with one attached hydrogen (secondary N) is 1. The van der Waals surface area contributed by atoms with Crippen molar-refractivity contribution in [1.82, 2.24) is 14.9 Å². The highest BCUT2D eigenvalue weighted by molar-refractivity contribution is 6.32. The molecule has 7 nitrogen and oxygen atoms in total. The van der Waals surface area contributed by atoms with E-state index in [1.165, 1.54) is 31.3 Å². The molecule has 1 fully saturated rings. The van der Waals surface area contributed by atoms with Crippen molar-refractivity contribution < 1.29 is 14.0 Å². The Kier molecular flexibility index (Phi) is 8.08. The van der Waals surface area contributed by atoms with E-state index in [4.69, 9.17) is 21.2 Å². The molecule has 0 amide bonds. The van der Waals surface area contributed by atoms with Crippen LogP contribution in [0.4, 0.5) is 15.9 Å². The second kappa shape index (κ2) is 12.0. The topological polar surface area (TPSA) is 71.9 Å². The molecule has 0 saturated carbocycles. The molecule has 0 bridgehead atoms. The van der Waals surface area contributed by atoms with E-state index in [2.05, 4.69) is 25.3 Å². The quantitative estimate of drug-likeness (QED) is 0.153. The summed E-state index contributed by atoms with van der Waals surface area (Å²) in [6.07, 6.45) is 5.73. The average Bonchev–Trinajstić information content (AvgIpc) is 3.42. The monoisotopic (exact) mass is 519 g/mol. The van der Waals surface area contributed by atoms with E-state index in [-0.39, 0.29) is 12.4 Å². The highest BCUT2D eigenvalue weighted by Crippen LogP contribution is 2.31. The van der Waals surface area contributed by atoms with Crippen LogP contribution in [0.5, 0.6) is 5.75 Å². The van der Waals surface area contributed by atoms with Crippen molar-refractivity contribution >= 4 is 40.2 Å². The van der Waals surface area contributed by atoms with Gasteiger partial charge in [0, 0.05) is 17.6 Å². The van der Waals surface area contributed by atoms with Gasteiger partial charge in [0.2, 0.25) is 0 Å². The second-order valence-electron chi connectivity index (χ2n) is 8.80. The number of oxime groups is 1. The minimum atomic E-state index is -0.303. The summed E-state index contributed by atoms with van der Waals surface area (Å²) in [4.78, 5) is 16.6. The van der Waals surface area contributed by atoms with E-state index in [9.17, 15) is 4.39 Å². The van der Waals surface area contributed by atoms with Gasteiger partial charge in [-0.3, -0.25) is 4.90 Å². The molecule has 0 radical (unpaired) electrons. The van der Waals surface area contributed by atoms with E-state index in [1.807, 2.05) is 24.3 Å². The lowest BCUT2D eigenvalue weighted by Crippen LogP contribution is -2.23. The Morgan fingerprint density at radius 2 is 1.95 bits per heavy atom. The summed E-state index contributed by atoms with van der Waals surface area (Å²) in [5, 5.41) is 8.70. The Morgan fingerprint density at radius 3 is 2.78 bits per heavy atom. The molecule has 9 heteroatoms. The van der Waals surface area contributed by atoms with Crippen LogP contribution < -0.4 is 10.1 Å². The predicted molar refractivity (Wildman–Crippen MR) is 144 cm³/mol. The summed E-state index contributed by atoms with van der Waals surface area (Å²) in [6, 6.07) is 17.5. The van der Waals surface area contributed by atoms with Gasteiger partial charge in [0.15, 0.2) is 0 Å². The van der Waals surface area contributed by atoms with Crippen LogP contribution >= 0.6 is 11.6 Å². The molecule has 1 saturated heterocycles. The van der Waals surface area contributed by atoms with Gasteiger partial charge in [-0.25, -0.2) is 14.4 Å². The van der Waals surface area contributed by atoms with Gasteiger partial charge < -0.3 is 14.9 Å². The molecular formula is C28H27ClFN5O2. The largest absolute Gasteiger partial charge is 0.487 e. The molecule has 4 aromatic rings. The molecule has 1 aliphatic rings. The third-order valence-electron chi connectivity index (χ3n) is 6.11. The Labute approximate surface area is 219 Å². The first kappa shape index (κ1) is 24.9. The summed E-state index contributed by atoms with van der Waals surface area (Å²) in [7, 11) is 0. The van der Waals surface area contributed by atoms with Crippen LogP contribution in [0.3, 0.4) is 0 Å². The van der Waals surface area contributed by atoms with Crippen molar-refractivity contribution in [3.05, 3.63) is 89.0 Å². The van der Waals surface area contributed by atoms with Crippen LogP contribution in [-0.4, -0.2) is 47.3 Å². The fourth-order valence-corrected chi connectivity index (χ4v) is 4.44. The van der Waals surface area contributed by atoms with Gasteiger partial charge in [-0.2, -0.15) is 0 Å². The Hall–Kier alpha value is -3.75. The molecule has 2 heterocycles. The molecule has 1 N–H and O–H groups in total. The summed E-state index contributed by atoms with van der Waals surface area (Å²) in [5.74, 6) is 0.843. The molecular weight excluding hydrogens is 493 g/mol. The van der Waals surface area contributed by atoms with Gasteiger partial charge in [-0.15, -0.1) is 0 Å². The Morgan fingerprint density at radius 1 is 1.05 bits per heavy atom. The zero-order chi connectivity index (χ0) is 25.5. The first-order valence-corrected chi connectivity index (χ1v) is 12.6. The molecule has 37 heavy (non-hydrogen) atoms. The van der Waals surface area contributed by atoms with Crippen molar-refractivity contribution in [3.63, 3.8) is 0 Å². The van der Waals surface area contributed by atoms with Gasteiger partial charge in [-0.1, -0.05) is 35.0 Å². The molecule has 3 aromatic carbocycles. The lowest BCUT2D eigenvalue weighted by atomic mass is 10.1. The number of fused-ring (bicyclic) bond motifs is 1. The predicted octanol–water partition coefficient (Wildman–Crippen LogP) is 6.19. The number of anilines is 2. The smallest absolute Gasteiger partial charge is 0.141 e. The summed E-state index contributed by atoms with van der Waals surface area (Å²) < 4.78 is 19.2. The molecule has 5 rings (SSSR count). The molecule has 0 unspecified atom stereocenters. The van der Waals surface area contributed by atoms with E-state index in [0.29, 0.717) is 23.2 Å². The number of aromatic nitrogens is 2. The molecule has 0 aliphatic carbocycles. The summed E-state index contributed by atoms with van der Waals surface area (Å²) in [6.45, 7) is 3.97. The van der Waals surface area contributed by atoms with Gasteiger partial charge in [-0.05, 0) is 79.5 Å². The van der Waals surface area contributed by atoms with Crippen molar-refractivity contribution in [2.75, 3.05) is 31.6 Å². The lowest BCUT2D eigenvalue weighted by Gasteiger charge is -2.12. The maximum atomic E-state index is 13.4. The van der Waals surface area contributed by atoms with E-state index < -0.39 is 0 Å². The van der Waals surface area contributed by atoms with Gasteiger partial charge in [0.05, 0.1) is 16.8 Å². The standard InChI is InChI=1S/C28H27ClFN5O2/c29-25-16-23(7-9-27(25)36-18-21-4-3-5-22(30)14-21)34-28-24-15-20(6-8-26(24)31-19-32-28)17-33-37-13-12-35-10-1-2-11-35/h3-9,14-17,19H,1-2,10-13,18H2,(H,31,32,34)/b33-17+. The van der Waals surface area contributed by atoms with Crippen LogP contribution in [0.2, 0.25) is 5.02 Å². The van der Waals surface area contributed by atoms with Gasteiger partial charge >= 0.3 is 0 Å². The number of hydrogen-bond acceptors (Lipinski definition) is 7. The van der Waals surface area contributed by atoms with Crippen LogP contribution in [0, 0.1) is 5.82 Å². The number of nitrogens with zero attached hydrogens (tertiary/aromatic N) is 4. The number of halogens is 2. The second-order valence-corrected chi connectivity index (χ2v) is 9.21. The minimum absolute atomic E-state index is 0.215. The van der Waals surface area contributed by atoms with Gasteiger partial charge in [0.1, 0.15) is 36.9 Å². The zero-order valence-electron chi connectivity index (χ0n) is 20.2. The third kappa shape index (κ3) is 6.72. The number of hydrogen-bond donors (Lipinski definition) is 1. The first-order valence-electron chi connectivity index (χ1n) is 12.2. The van der Waals surface area contributed by atoms with Crippen LogP contribution in [0.1, 0.15) is 24.0 Å². The van der Waals surface area contributed by atoms with E-state index >= 15 is 0 Å². The highest BCUT2D eigenvalue weighted by atomic mass is 35.5. The fourth-order valence-electron chi connectivity index (χ4n) is 4.20. The number of likely N-dealkylation sites (tertiary alicyclic amines) is 1. The van der Waals surface area contributed by atoms with E-state index in [1.54, 1.807) is 30.5 Å². The van der Waals surface area contributed by atoms with Crippen molar-refractivity contribution in [2.24, 2.45) is 5.16 Å². The summed E-state index contributed by atoms with van der Waals surface area (Å²) >= 11 is 6.45. The molecule has 0 spiro atoms. The minimum Gasteiger partial charge on any atom is -0.487 e. The Bertz CT molecular complexity index is 1390. The van der Waals surface area contributed by atoms with E-state index in [0.717, 1.165) is 47.4 Å². The molecule has 1 aromatic heterocycles. The first-order chi connectivity index (χ1) is 18.1. The maximum absolute atomic E-state index is 13.4. The van der Waals surface area contributed by atoms with Crippen LogP contribution in [0.15, 0.2) is 72.1 Å². The fraction of sp³-hybridized carbons (Fsp3) is 0.250. The van der Waals surface area contributed by atoms with Crippen LogP contribution in [-0.2, 0) is 11.4 Å². The molecule has 1 aliphatic heterocycles. The van der Waals surface area contributed by atoms with Crippen LogP contribution in [0.25, 0.3) is 10.9 Å². The molecule has 190 valence electrons. The highest BCUT2D eigenvalue weighted by Gasteiger charge is 2.11. The van der Waals surface area contributed by atoms with Crippen molar-refractivity contribution in [1.29, 1.82) is 0 Å². The van der Waals surface area contributed by atoms with Gasteiger partial charge in [0.25, 0.3) is 0 Å². The maximum Gasteiger partial charge on any atom is 0.141 e. The number of benzene rings is 3. The van der Waals surface area contributed by atoms with Crippen molar-refractivity contribution in [2.45, 2.75) is 19.4 Å². The third-order valence-corrected chi connectivity index (χ3v) is 6.41. The number of rotatable bonds is 10. The SMILES string of the molecule is Fc1cccc(COc2ccc(Nc3ncnc4ccc(/C=N/OCCN5CCCC5)cc34)cc2Cl)c1. The zero-order valence-corrected chi connectivity index (χ0v) is 21.0. The molecule has 0 atom stereocenters.